The summed E-state index contributed by atoms with van der Waals surface area (Å²) in [5, 5.41) is 0. The molecule has 5 heteroatoms. The molecule has 2 unspecified atom stereocenters. The first-order valence-electron chi connectivity index (χ1n) is 7.46. The summed E-state index contributed by atoms with van der Waals surface area (Å²) in [6.07, 6.45) is 2.59. The molecule has 0 radical (unpaired) electrons. The third kappa shape index (κ3) is 5.13. The van der Waals surface area contributed by atoms with Crippen LogP contribution in [0.3, 0.4) is 0 Å². The van der Waals surface area contributed by atoms with Crippen LogP contribution in [0.5, 0.6) is 0 Å². The molecule has 0 bridgehead atoms. The van der Waals surface area contributed by atoms with Gasteiger partial charge in [0.05, 0.1) is 11.7 Å². The van der Waals surface area contributed by atoms with Gasteiger partial charge in [0.1, 0.15) is 0 Å². The maximum absolute atomic E-state index is 12.2. The molecule has 1 rings (SSSR count). The Hall–Kier alpha value is -0.840. The molecule has 1 saturated carbocycles. The fourth-order valence-electron chi connectivity index (χ4n) is 2.56. The van der Waals surface area contributed by atoms with Crippen molar-refractivity contribution in [1.29, 1.82) is 0 Å². The monoisotopic (exact) mass is 315 g/mol. The molecule has 0 saturated heterocycles. The van der Waals surface area contributed by atoms with Gasteiger partial charge in [-0.2, -0.15) is 0 Å². The van der Waals surface area contributed by atoms with Gasteiger partial charge in [-0.1, -0.05) is 46.3 Å². The number of allylic oxidation sites excluding steroid dienone is 2. The lowest BCUT2D eigenvalue weighted by atomic mass is 9.94. The van der Waals surface area contributed by atoms with Crippen LogP contribution >= 0.6 is 0 Å². The van der Waals surface area contributed by atoms with Crippen LogP contribution in [0, 0.1) is 22.7 Å². The van der Waals surface area contributed by atoms with Crippen molar-refractivity contribution in [3.8, 4) is 0 Å². The fraction of sp³-hybridized carbons (Fsp3) is 0.812. The van der Waals surface area contributed by atoms with E-state index in [9.17, 15) is 13.2 Å². The Kier molecular flexibility index (Phi) is 4.98. The van der Waals surface area contributed by atoms with Crippen molar-refractivity contribution in [3.05, 3.63) is 11.6 Å². The zero-order valence-corrected chi connectivity index (χ0v) is 15.1. The molecular formula is C16H29NO3S. The Morgan fingerprint density at radius 1 is 1.24 bits per heavy atom. The van der Waals surface area contributed by atoms with Gasteiger partial charge >= 0.3 is 0 Å². The second-order valence-corrected chi connectivity index (χ2v) is 10.0. The molecule has 2 atom stereocenters. The van der Waals surface area contributed by atoms with Gasteiger partial charge in [0.15, 0.2) is 0 Å². The lowest BCUT2D eigenvalue weighted by molar-refractivity contribution is -0.121. The normalized spacial score (nSPS) is 24.3. The van der Waals surface area contributed by atoms with E-state index in [2.05, 4.69) is 10.8 Å². The van der Waals surface area contributed by atoms with Crippen LogP contribution < -0.4 is 4.72 Å². The zero-order chi connectivity index (χ0) is 16.6. The van der Waals surface area contributed by atoms with Gasteiger partial charge in [0, 0.05) is 0 Å². The summed E-state index contributed by atoms with van der Waals surface area (Å²) in [6.45, 7) is 13.9. The van der Waals surface area contributed by atoms with E-state index in [1.54, 1.807) is 0 Å². The topological polar surface area (TPSA) is 63.2 Å². The van der Waals surface area contributed by atoms with Crippen LogP contribution in [0.4, 0.5) is 0 Å². The van der Waals surface area contributed by atoms with Crippen LogP contribution in [-0.4, -0.2) is 20.1 Å². The summed E-state index contributed by atoms with van der Waals surface area (Å²) in [7, 11) is -3.54. The second-order valence-electron chi connectivity index (χ2n) is 8.16. The van der Waals surface area contributed by atoms with Crippen LogP contribution in [-0.2, 0) is 14.8 Å². The predicted octanol–water partition coefficient (Wildman–Crippen LogP) is 3.11. The molecule has 0 aromatic carbocycles. The summed E-state index contributed by atoms with van der Waals surface area (Å²) in [5.74, 6) is -0.503. The molecule has 0 aliphatic heterocycles. The SMILES string of the molecule is CC(C)=CC1C(C(=O)NS(=O)(=O)CCC(C)(C)C)C1(C)C. The van der Waals surface area contributed by atoms with E-state index >= 15 is 0 Å². The maximum atomic E-state index is 12.2. The van der Waals surface area contributed by atoms with Crippen LogP contribution in [0.2, 0.25) is 0 Å². The van der Waals surface area contributed by atoms with Gasteiger partial charge in [-0.05, 0) is 37.0 Å². The molecule has 1 aliphatic carbocycles. The number of rotatable bonds is 5. The molecule has 0 spiro atoms. The van der Waals surface area contributed by atoms with Crippen LogP contribution in [0.25, 0.3) is 0 Å². The van der Waals surface area contributed by atoms with Crippen molar-refractivity contribution < 1.29 is 13.2 Å². The summed E-state index contributed by atoms with van der Waals surface area (Å²) in [4.78, 5) is 12.2. The second kappa shape index (κ2) is 5.75. The predicted molar refractivity (Wildman–Crippen MR) is 86.2 cm³/mol. The summed E-state index contributed by atoms with van der Waals surface area (Å²) < 4.78 is 26.3. The van der Waals surface area contributed by atoms with Crippen molar-refractivity contribution in [2.75, 3.05) is 5.75 Å². The van der Waals surface area contributed by atoms with Crippen molar-refractivity contribution in [1.82, 2.24) is 4.72 Å². The highest BCUT2D eigenvalue weighted by Crippen LogP contribution is 2.59. The fourth-order valence-corrected chi connectivity index (χ4v) is 3.97. The van der Waals surface area contributed by atoms with Gasteiger partial charge in [-0.3, -0.25) is 9.52 Å². The van der Waals surface area contributed by atoms with Gasteiger partial charge in [-0.15, -0.1) is 0 Å². The Bertz CT molecular complexity index is 534. The van der Waals surface area contributed by atoms with Crippen LogP contribution in [0.1, 0.15) is 54.9 Å². The highest BCUT2D eigenvalue weighted by atomic mass is 32.2. The lowest BCUT2D eigenvalue weighted by Crippen LogP contribution is -2.35. The standard InChI is InChI=1S/C16H29NO3S/c1-11(2)10-12-13(16(12,6)7)14(18)17-21(19,20)9-8-15(3,4)5/h10,12-13H,8-9H2,1-7H3,(H,17,18). The third-order valence-electron chi connectivity index (χ3n) is 4.08. The molecule has 0 heterocycles. The zero-order valence-electron chi connectivity index (χ0n) is 14.3. The Balaban J connectivity index is 2.68. The van der Waals surface area contributed by atoms with Crippen LogP contribution in [0.15, 0.2) is 11.6 Å². The third-order valence-corrected chi connectivity index (χ3v) is 5.34. The molecule has 1 amide bonds. The van der Waals surface area contributed by atoms with Gasteiger partial charge in [-0.25, -0.2) is 8.42 Å². The van der Waals surface area contributed by atoms with E-state index in [0.29, 0.717) is 6.42 Å². The molecule has 21 heavy (non-hydrogen) atoms. The number of sulfonamides is 1. The first kappa shape index (κ1) is 18.2. The summed E-state index contributed by atoms with van der Waals surface area (Å²) in [5.41, 5.74) is 0.918. The minimum Gasteiger partial charge on any atom is -0.274 e. The Labute approximate surface area is 129 Å². The largest absolute Gasteiger partial charge is 0.274 e. The minimum absolute atomic E-state index is 0.0112. The number of amides is 1. The molecule has 0 aromatic rings. The molecular weight excluding hydrogens is 286 g/mol. The van der Waals surface area contributed by atoms with Crippen molar-refractivity contribution in [2.24, 2.45) is 22.7 Å². The smallest absolute Gasteiger partial charge is 0.237 e. The van der Waals surface area contributed by atoms with E-state index in [1.807, 2.05) is 48.5 Å². The first-order valence-corrected chi connectivity index (χ1v) is 9.11. The molecule has 4 nitrogen and oxygen atoms in total. The molecule has 1 fully saturated rings. The van der Waals surface area contributed by atoms with E-state index in [0.717, 1.165) is 5.57 Å². The van der Waals surface area contributed by atoms with Gasteiger partial charge < -0.3 is 0 Å². The highest BCUT2D eigenvalue weighted by Gasteiger charge is 2.60. The van der Waals surface area contributed by atoms with E-state index in [4.69, 9.17) is 0 Å². The first-order chi connectivity index (χ1) is 9.26. The quantitative estimate of drug-likeness (QED) is 0.793. The van der Waals surface area contributed by atoms with Gasteiger partial charge in [0.2, 0.25) is 15.9 Å². The lowest BCUT2D eigenvalue weighted by Gasteiger charge is -2.17. The average Bonchev–Trinajstić information content (AvgIpc) is 2.75. The average molecular weight is 315 g/mol. The minimum atomic E-state index is -3.54. The maximum Gasteiger partial charge on any atom is 0.237 e. The number of carbonyl (C=O) groups excluding carboxylic acids is 1. The Morgan fingerprint density at radius 3 is 2.19 bits per heavy atom. The number of carbonyl (C=O) groups is 1. The van der Waals surface area contributed by atoms with Gasteiger partial charge in [0.25, 0.3) is 0 Å². The van der Waals surface area contributed by atoms with Crippen molar-refractivity contribution >= 4 is 15.9 Å². The van der Waals surface area contributed by atoms with Crippen molar-refractivity contribution in [3.63, 3.8) is 0 Å². The summed E-state index contributed by atoms with van der Waals surface area (Å²) in [6, 6.07) is 0. The highest BCUT2D eigenvalue weighted by molar-refractivity contribution is 7.90. The van der Waals surface area contributed by atoms with E-state index in [-0.39, 0.29) is 34.3 Å². The molecule has 122 valence electrons. The Morgan fingerprint density at radius 2 is 1.76 bits per heavy atom. The number of hydrogen-bond donors (Lipinski definition) is 1. The molecule has 1 N–H and O–H groups in total. The van der Waals surface area contributed by atoms with E-state index in [1.165, 1.54) is 0 Å². The summed E-state index contributed by atoms with van der Waals surface area (Å²) >= 11 is 0. The molecule has 0 aromatic heterocycles. The van der Waals surface area contributed by atoms with Crippen molar-refractivity contribution in [2.45, 2.75) is 54.9 Å². The van der Waals surface area contributed by atoms with E-state index < -0.39 is 10.0 Å². The molecule has 1 aliphatic rings. The number of nitrogens with one attached hydrogen (secondary N) is 1. The number of hydrogen-bond acceptors (Lipinski definition) is 3.